The molecule has 1 aromatic heterocycles. The van der Waals surface area contributed by atoms with Crippen LogP contribution in [0.15, 0.2) is 77.8 Å². The van der Waals surface area contributed by atoms with Crippen molar-refractivity contribution < 1.29 is 4.79 Å². The zero-order valence-corrected chi connectivity index (χ0v) is 23.1. The number of hydrogen-bond donors (Lipinski definition) is 1. The molecule has 0 N–H and O–H groups in total. The van der Waals surface area contributed by atoms with E-state index in [1.165, 1.54) is 38.7 Å². The molecule has 37 heavy (non-hydrogen) atoms. The second kappa shape index (κ2) is 13.5. The van der Waals surface area contributed by atoms with Gasteiger partial charge in [0.25, 0.3) is 0 Å². The number of unbranched alkanes of at least 4 members (excludes halogenated alkanes) is 1. The minimum Gasteiger partial charge on any atom is -0.347 e. The van der Waals surface area contributed by atoms with Crippen molar-refractivity contribution in [2.75, 3.05) is 0 Å². The predicted octanol–water partition coefficient (Wildman–Crippen LogP) is 8.84. The molecule has 1 atom stereocenters. The Labute approximate surface area is 227 Å². The lowest BCUT2D eigenvalue weighted by molar-refractivity contribution is -0.108. The van der Waals surface area contributed by atoms with Crippen molar-refractivity contribution in [3.05, 3.63) is 101 Å². The second-order valence-corrected chi connectivity index (χ2v) is 10.7. The highest BCUT2D eigenvalue weighted by atomic mass is 32.1. The van der Waals surface area contributed by atoms with Gasteiger partial charge in [0.05, 0.1) is 0 Å². The van der Waals surface area contributed by atoms with E-state index in [4.69, 9.17) is 12.6 Å². The summed E-state index contributed by atoms with van der Waals surface area (Å²) in [6.07, 6.45) is 14.8. The van der Waals surface area contributed by atoms with Gasteiger partial charge in [0.2, 0.25) is 0 Å². The van der Waals surface area contributed by atoms with Gasteiger partial charge in [-0.3, -0.25) is 0 Å². The Balaban J connectivity index is 1.40. The van der Waals surface area contributed by atoms with E-state index in [9.17, 15) is 4.79 Å². The van der Waals surface area contributed by atoms with Crippen molar-refractivity contribution in [3.8, 4) is 0 Å². The molecule has 0 aliphatic rings. The maximum absolute atomic E-state index is 10.9. The largest absolute Gasteiger partial charge is 0.347 e. The van der Waals surface area contributed by atoms with Gasteiger partial charge in [-0.2, -0.15) is 0 Å². The third kappa shape index (κ3) is 7.26. The van der Waals surface area contributed by atoms with E-state index < -0.39 is 0 Å². The lowest BCUT2D eigenvalue weighted by atomic mass is 9.95. The molecule has 4 rings (SSSR count). The number of nitrogens with zero attached hydrogens (tertiary/aromatic N) is 1. The molecule has 192 valence electrons. The zero-order valence-electron chi connectivity index (χ0n) is 22.2. The van der Waals surface area contributed by atoms with Crippen LogP contribution in [-0.4, -0.2) is 10.9 Å². The van der Waals surface area contributed by atoms with Crippen LogP contribution in [0.1, 0.15) is 67.3 Å². The molecular weight excluding hydrogens is 470 g/mol. The molecule has 0 fully saturated rings. The Bertz CT molecular complexity index is 1330. The highest BCUT2D eigenvalue weighted by Gasteiger charge is 2.10. The summed E-state index contributed by atoms with van der Waals surface area (Å²) in [5, 5.41) is 1.32. The van der Waals surface area contributed by atoms with Gasteiger partial charge in [0, 0.05) is 35.0 Å². The minimum atomic E-state index is 0.376. The number of aldehydes is 1. The number of benzene rings is 3. The number of hydrogen-bond acceptors (Lipinski definition) is 2. The van der Waals surface area contributed by atoms with Gasteiger partial charge in [-0.25, -0.2) is 0 Å². The Morgan fingerprint density at radius 1 is 0.892 bits per heavy atom. The maximum atomic E-state index is 10.9. The average molecular weight is 510 g/mol. The number of rotatable bonds is 13. The molecule has 4 aromatic rings. The standard InChI is InChI=1S/C34H39NOS/c1-3-10-28-24-31(17-16-27-11-5-4-6-12-27)34(37)25-29(28)13-7-8-20-35-21-18-32-30(14-9-15-33(32)35)23-26(2)19-22-36/h4-6,9,11-12,14-18,21-22,24-26,37H,3,7-8,10,13,19-20,23H2,1-2H3/b17-16+. The smallest absolute Gasteiger partial charge is 0.120 e. The molecule has 0 aliphatic carbocycles. The number of aryl methyl sites for hydroxylation is 3. The van der Waals surface area contributed by atoms with E-state index in [2.05, 4.69) is 97.4 Å². The van der Waals surface area contributed by atoms with Gasteiger partial charge in [0.1, 0.15) is 6.29 Å². The topological polar surface area (TPSA) is 22.0 Å². The van der Waals surface area contributed by atoms with Gasteiger partial charge < -0.3 is 9.36 Å². The fourth-order valence-electron chi connectivity index (χ4n) is 5.19. The molecule has 1 heterocycles. The molecule has 0 saturated heterocycles. The van der Waals surface area contributed by atoms with Crippen LogP contribution in [0.4, 0.5) is 0 Å². The molecule has 1 unspecified atom stereocenters. The Kier molecular flexibility index (Phi) is 9.85. The van der Waals surface area contributed by atoms with Gasteiger partial charge in [-0.05, 0) is 84.0 Å². The maximum Gasteiger partial charge on any atom is 0.120 e. The van der Waals surface area contributed by atoms with Crippen molar-refractivity contribution in [2.24, 2.45) is 5.92 Å². The monoisotopic (exact) mass is 509 g/mol. The van der Waals surface area contributed by atoms with Crippen LogP contribution in [0.3, 0.4) is 0 Å². The van der Waals surface area contributed by atoms with Crippen LogP contribution in [0, 0.1) is 5.92 Å². The molecule has 0 radical (unpaired) electrons. The van der Waals surface area contributed by atoms with E-state index in [1.54, 1.807) is 0 Å². The number of fused-ring (bicyclic) bond motifs is 1. The highest BCUT2D eigenvalue weighted by Crippen LogP contribution is 2.26. The van der Waals surface area contributed by atoms with Crippen LogP contribution >= 0.6 is 12.6 Å². The molecule has 0 saturated carbocycles. The van der Waals surface area contributed by atoms with E-state index in [-0.39, 0.29) is 0 Å². The normalized spacial score (nSPS) is 12.4. The Morgan fingerprint density at radius 3 is 2.49 bits per heavy atom. The van der Waals surface area contributed by atoms with Crippen LogP contribution in [0.2, 0.25) is 0 Å². The number of carbonyl (C=O) groups is 1. The van der Waals surface area contributed by atoms with Crippen molar-refractivity contribution in [1.82, 2.24) is 4.57 Å². The highest BCUT2D eigenvalue weighted by molar-refractivity contribution is 7.80. The van der Waals surface area contributed by atoms with Crippen molar-refractivity contribution in [1.29, 1.82) is 0 Å². The fraction of sp³-hybridized carbons (Fsp3) is 0.324. The summed E-state index contributed by atoms with van der Waals surface area (Å²) < 4.78 is 2.39. The van der Waals surface area contributed by atoms with Crippen LogP contribution in [0.25, 0.3) is 23.1 Å². The third-order valence-electron chi connectivity index (χ3n) is 7.19. The molecule has 0 aliphatic heterocycles. The Hall–Kier alpha value is -3.04. The number of thiol groups is 1. The average Bonchev–Trinajstić information content (AvgIpc) is 3.32. The summed E-state index contributed by atoms with van der Waals surface area (Å²) in [6, 6.07) is 23.9. The SMILES string of the molecule is CCCc1cc(/C=C/c2ccccc2)c(S)cc1CCCCn1ccc2c(CC(C)CC=O)cccc21. The number of carbonyl (C=O) groups excluding carboxylic acids is 1. The summed E-state index contributed by atoms with van der Waals surface area (Å²) in [7, 11) is 0. The first-order valence-electron chi connectivity index (χ1n) is 13.7. The molecule has 0 spiro atoms. The molecule has 0 amide bonds. The third-order valence-corrected chi connectivity index (χ3v) is 7.58. The summed E-state index contributed by atoms with van der Waals surface area (Å²) in [6.45, 7) is 5.42. The quantitative estimate of drug-likeness (QED) is 0.0827. The molecule has 0 bridgehead atoms. The van der Waals surface area contributed by atoms with Crippen LogP contribution < -0.4 is 0 Å². The van der Waals surface area contributed by atoms with Crippen molar-refractivity contribution in [3.63, 3.8) is 0 Å². The van der Waals surface area contributed by atoms with Gasteiger partial charge in [-0.15, -0.1) is 12.6 Å². The molecule has 3 aromatic carbocycles. The summed E-state index contributed by atoms with van der Waals surface area (Å²) in [4.78, 5) is 11.9. The van der Waals surface area contributed by atoms with E-state index >= 15 is 0 Å². The van der Waals surface area contributed by atoms with Crippen LogP contribution in [0.5, 0.6) is 0 Å². The first-order valence-corrected chi connectivity index (χ1v) is 14.1. The first kappa shape index (κ1) is 27.0. The van der Waals surface area contributed by atoms with Crippen molar-refractivity contribution in [2.45, 2.75) is 70.2 Å². The number of aromatic nitrogens is 1. The molecule has 3 heteroatoms. The van der Waals surface area contributed by atoms with Crippen molar-refractivity contribution >= 4 is 42.0 Å². The Morgan fingerprint density at radius 2 is 1.70 bits per heavy atom. The van der Waals surface area contributed by atoms with E-state index in [1.807, 2.05) is 6.07 Å². The van der Waals surface area contributed by atoms with E-state index in [0.29, 0.717) is 12.3 Å². The molecule has 2 nitrogen and oxygen atoms in total. The van der Waals surface area contributed by atoms with Gasteiger partial charge >= 0.3 is 0 Å². The van der Waals surface area contributed by atoms with Crippen LogP contribution in [-0.2, 0) is 30.6 Å². The van der Waals surface area contributed by atoms with Gasteiger partial charge in [0.15, 0.2) is 0 Å². The fourth-order valence-corrected chi connectivity index (χ4v) is 5.49. The predicted molar refractivity (Wildman–Crippen MR) is 161 cm³/mol. The van der Waals surface area contributed by atoms with Gasteiger partial charge in [-0.1, -0.05) is 81.0 Å². The summed E-state index contributed by atoms with van der Waals surface area (Å²) in [5.41, 5.74) is 7.93. The lowest BCUT2D eigenvalue weighted by Gasteiger charge is -2.13. The lowest BCUT2D eigenvalue weighted by Crippen LogP contribution is -2.02. The first-order chi connectivity index (χ1) is 18.1. The molecular formula is C34H39NOS. The summed E-state index contributed by atoms with van der Waals surface area (Å²) in [5.74, 6) is 0.376. The zero-order chi connectivity index (χ0) is 26.0. The van der Waals surface area contributed by atoms with E-state index in [0.717, 1.165) is 56.3 Å². The second-order valence-electron chi connectivity index (χ2n) is 10.2. The summed E-state index contributed by atoms with van der Waals surface area (Å²) >= 11 is 4.84. The minimum absolute atomic E-state index is 0.376.